The van der Waals surface area contributed by atoms with Crippen molar-refractivity contribution in [2.75, 3.05) is 27.2 Å². The molecule has 1 N–H and O–H groups in total. The molecule has 2 atom stereocenters. The van der Waals surface area contributed by atoms with Gasteiger partial charge in [-0.3, -0.25) is 9.69 Å². The fourth-order valence-electron chi connectivity index (χ4n) is 3.29. The van der Waals surface area contributed by atoms with Crippen LogP contribution in [-0.4, -0.2) is 53.6 Å². The Labute approximate surface area is 133 Å². The van der Waals surface area contributed by atoms with Crippen molar-refractivity contribution in [3.8, 4) is 0 Å². The summed E-state index contributed by atoms with van der Waals surface area (Å²) in [6.45, 7) is 5.68. The summed E-state index contributed by atoms with van der Waals surface area (Å²) in [5.74, 6) is -0.344. The van der Waals surface area contributed by atoms with E-state index in [2.05, 4.69) is 36.1 Å². The lowest BCUT2D eigenvalue weighted by Crippen LogP contribution is -2.52. The highest BCUT2D eigenvalue weighted by Crippen LogP contribution is 2.34. The minimum atomic E-state index is -0.881. The molecule has 2 unspecified atom stereocenters. The molecule has 1 amide bonds. The molecule has 0 aromatic heterocycles. The maximum absolute atomic E-state index is 12.1. The quantitative estimate of drug-likeness (QED) is 0.928. The SMILES string of the molecule is CC(c1ccccc1)N1CCC(O)(C(C)C(=O)N(C)C)CC1. The Bertz CT molecular complexity index is 493. The van der Waals surface area contributed by atoms with Crippen molar-refractivity contribution < 1.29 is 9.90 Å². The van der Waals surface area contributed by atoms with Gasteiger partial charge in [0.1, 0.15) is 0 Å². The smallest absolute Gasteiger partial charge is 0.227 e. The van der Waals surface area contributed by atoms with Crippen LogP contribution in [-0.2, 0) is 4.79 Å². The molecule has 0 spiro atoms. The van der Waals surface area contributed by atoms with Crippen LogP contribution in [0.3, 0.4) is 0 Å². The molecule has 1 aromatic rings. The van der Waals surface area contributed by atoms with Crippen molar-refractivity contribution in [1.29, 1.82) is 0 Å². The summed E-state index contributed by atoms with van der Waals surface area (Å²) in [5.41, 5.74) is 0.416. The summed E-state index contributed by atoms with van der Waals surface area (Å²) in [4.78, 5) is 16.1. The maximum atomic E-state index is 12.1. The minimum Gasteiger partial charge on any atom is -0.389 e. The monoisotopic (exact) mass is 304 g/mol. The molecule has 1 aliphatic heterocycles. The molecule has 22 heavy (non-hydrogen) atoms. The first-order valence-electron chi connectivity index (χ1n) is 8.07. The normalized spacial score (nSPS) is 21.1. The molecule has 0 saturated carbocycles. The predicted octanol–water partition coefficient (Wildman–Crippen LogP) is 2.30. The highest BCUT2D eigenvalue weighted by Gasteiger charge is 2.42. The van der Waals surface area contributed by atoms with Crippen molar-refractivity contribution in [1.82, 2.24) is 9.80 Å². The molecular weight excluding hydrogens is 276 g/mol. The second kappa shape index (κ2) is 6.80. The van der Waals surface area contributed by atoms with Crippen LogP contribution < -0.4 is 0 Å². The molecule has 1 heterocycles. The number of piperidine rings is 1. The van der Waals surface area contributed by atoms with E-state index in [1.807, 2.05) is 13.0 Å². The molecule has 4 heteroatoms. The molecule has 1 aromatic carbocycles. The fourth-order valence-corrected chi connectivity index (χ4v) is 3.29. The van der Waals surface area contributed by atoms with E-state index in [0.29, 0.717) is 18.9 Å². The fraction of sp³-hybridized carbons (Fsp3) is 0.611. The van der Waals surface area contributed by atoms with Gasteiger partial charge in [-0.25, -0.2) is 0 Å². The molecule has 4 nitrogen and oxygen atoms in total. The van der Waals surface area contributed by atoms with Crippen molar-refractivity contribution in [2.24, 2.45) is 5.92 Å². The zero-order valence-electron chi connectivity index (χ0n) is 14.1. The summed E-state index contributed by atoms with van der Waals surface area (Å²) >= 11 is 0. The van der Waals surface area contributed by atoms with Crippen LogP contribution in [0.4, 0.5) is 0 Å². The van der Waals surface area contributed by atoms with Gasteiger partial charge in [0.2, 0.25) is 5.91 Å². The molecule has 122 valence electrons. The van der Waals surface area contributed by atoms with E-state index in [4.69, 9.17) is 0 Å². The Morgan fingerprint density at radius 2 is 1.73 bits per heavy atom. The van der Waals surface area contributed by atoms with Crippen LogP contribution >= 0.6 is 0 Å². The molecule has 2 rings (SSSR count). The van der Waals surface area contributed by atoms with Crippen LogP contribution in [0, 0.1) is 5.92 Å². The van der Waals surface area contributed by atoms with Gasteiger partial charge in [0, 0.05) is 33.2 Å². The van der Waals surface area contributed by atoms with E-state index in [1.165, 1.54) is 5.56 Å². The number of aliphatic hydroxyl groups is 1. The second-order valence-electron chi connectivity index (χ2n) is 6.68. The van der Waals surface area contributed by atoms with Gasteiger partial charge < -0.3 is 10.0 Å². The highest BCUT2D eigenvalue weighted by molar-refractivity contribution is 5.79. The first kappa shape index (κ1) is 17.0. The maximum Gasteiger partial charge on any atom is 0.227 e. The van der Waals surface area contributed by atoms with E-state index in [-0.39, 0.29) is 11.8 Å². The largest absolute Gasteiger partial charge is 0.389 e. The lowest BCUT2D eigenvalue weighted by atomic mass is 9.79. The third-order valence-corrected chi connectivity index (χ3v) is 5.11. The third kappa shape index (κ3) is 3.50. The van der Waals surface area contributed by atoms with E-state index in [1.54, 1.807) is 19.0 Å². The second-order valence-corrected chi connectivity index (χ2v) is 6.68. The van der Waals surface area contributed by atoms with Gasteiger partial charge in [0.05, 0.1) is 11.5 Å². The van der Waals surface area contributed by atoms with Crippen molar-refractivity contribution in [3.05, 3.63) is 35.9 Å². The van der Waals surface area contributed by atoms with Crippen LogP contribution in [0.2, 0.25) is 0 Å². The number of nitrogens with zero attached hydrogens (tertiary/aromatic N) is 2. The molecule has 0 aliphatic carbocycles. The molecule has 0 bridgehead atoms. The van der Waals surface area contributed by atoms with E-state index < -0.39 is 5.60 Å². The Morgan fingerprint density at radius 1 is 1.18 bits per heavy atom. The Hall–Kier alpha value is -1.39. The van der Waals surface area contributed by atoms with E-state index in [9.17, 15) is 9.90 Å². The number of amides is 1. The summed E-state index contributed by atoms with van der Waals surface area (Å²) in [5, 5.41) is 10.9. The van der Waals surface area contributed by atoms with Gasteiger partial charge in [0.15, 0.2) is 0 Å². The topological polar surface area (TPSA) is 43.8 Å². The van der Waals surface area contributed by atoms with Gasteiger partial charge in [-0.1, -0.05) is 37.3 Å². The summed E-state index contributed by atoms with van der Waals surface area (Å²) in [6, 6.07) is 10.8. The summed E-state index contributed by atoms with van der Waals surface area (Å²) in [6.07, 6.45) is 1.29. The number of carbonyl (C=O) groups excluding carboxylic acids is 1. The van der Waals surface area contributed by atoms with Crippen LogP contribution in [0.25, 0.3) is 0 Å². The molecular formula is C18H28N2O2. The van der Waals surface area contributed by atoms with Gasteiger partial charge in [-0.15, -0.1) is 0 Å². The van der Waals surface area contributed by atoms with E-state index >= 15 is 0 Å². The van der Waals surface area contributed by atoms with Gasteiger partial charge in [-0.2, -0.15) is 0 Å². The average Bonchev–Trinajstić information content (AvgIpc) is 2.54. The lowest BCUT2D eigenvalue weighted by molar-refractivity contribution is -0.146. The van der Waals surface area contributed by atoms with Gasteiger partial charge in [-0.05, 0) is 25.3 Å². The average molecular weight is 304 g/mol. The number of rotatable bonds is 4. The van der Waals surface area contributed by atoms with E-state index in [0.717, 1.165) is 13.1 Å². The number of benzene rings is 1. The zero-order chi connectivity index (χ0) is 16.3. The molecule has 1 saturated heterocycles. The van der Waals surface area contributed by atoms with Gasteiger partial charge in [0.25, 0.3) is 0 Å². The standard InChI is InChI=1S/C18H28N2O2/c1-14(17(21)19(3)4)18(22)10-12-20(13-11-18)15(2)16-8-6-5-7-9-16/h5-9,14-15,22H,10-13H2,1-4H3. The first-order chi connectivity index (χ1) is 10.3. The number of hydrogen-bond acceptors (Lipinski definition) is 3. The van der Waals surface area contributed by atoms with Crippen molar-refractivity contribution in [3.63, 3.8) is 0 Å². The first-order valence-corrected chi connectivity index (χ1v) is 8.07. The number of hydrogen-bond donors (Lipinski definition) is 1. The summed E-state index contributed by atoms with van der Waals surface area (Å²) < 4.78 is 0. The summed E-state index contributed by atoms with van der Waals surface area (Å²) in [7, 11) is 3.49. The lowest BCUT2D eigenvalue weighted by Gasteiger charge is -2.43. The number of carbonyl (C=O) groups is 1. The van der Waals surface area contributed by atoms with Crippen LogP contribution in [0.15, 0.2) is 30.3 Å². The number of likely N-dealkylation sites (tertiary alicyclic amines) is 1. The third-order valence-electron chi connectivity index (χ3n) is 5.11. The Kier molecular flexibility index (Phi) is 5.24. The predicted molar refractivity (Wildman–Crippen MR) is 88.5 cm³/mol. The molecule has 0 radical (unpaired) electrons. The van der Waals surface area contributed by atoms with Gasteiger partial charge >= 0.3 is 0 Å². The highest BCUT2D eigenvalue weighted by atomic mass is 16.3. The Balaban J connectivity index is 1.99. The zero-order valence-corrected chi connectivity index (χ0v) is 14.1. The van der Waals surface area contributed by atoms with Crippen LogP contribution in [0.1, 0.15) is 38.3 Å². The Morgan fingerprint density at radius 3 is 2.23 bits per heavy atom. The van der Waals surface area contributed by atoms with Crippen molar-refractivity contribution in [2.45, 2.75) is 38.3 Å². The van der Waals surface area contributed by atoms with Crippen molar-refractivity contribution >= 4 is 5.91 Å². The van der Waals surface area contributed by atoms with Crippen LogP contribution in [0.5, 0.6) is 0 Å². The molecule has 1 fully saturated rings. The molecule has 1 aliphatic rings. The minimum absolute atomic E-state index is 0.00654.